The van der Waals surface area contributed by atoms with Gasteiger partial charge in [0, 0.05) is 5.92 Å². The van der Waals surface area contributed by atoms with Gasteiger partial charge >= 0.3 is 0 Å². The molecule has 104 valence electrons. The van der Waals surface area contributed by atoms with Gasteiger partial charge in [-0.2, -0.15) is 0 Å². The molecule has 0 bridgehead atoms. The molecule has 3 nitrogen and oxygen atoms in total. The molecule has 3 aliphatic rings. The van der Waals surface area contributed by atoms with Crippen LogP contribution in [0.15, 0.2) is 0 Å². The normalized spacial score (nSPS) is 63.7. The van der Waals surface area contributed by atoms with E-state index in [1.165, 1.54) is 0 Å². The van der Waals surface area contributed by atoms with Gasteiger partial charge in [-0.25, -0.2) is 0 Å². The first-order valence-corrected chi connectivity index (χ1v) is 7.31. The number of ether oxygens (including phenoxy) is 1. The van der Waals surface area contributed by atoms with E-state index in [0.717, 1.165) is 12.8 Å². The summed E-state index contributed by atoms with van der Waals surface area (Å²) in [5.41, 5.74) is -1.42. The molecule has 3 heteroatoms. The quantitative estimate of drug-likeness (QED) is 0.651. The highest BCUT2D eigenvalue weighted by Crippen LogP contribution is 2.60. The maximum atomic E-state index is 10.7. The number of fused-ring (bicyclic) bond motifs is 3. The summed E-state index contributed by atoms with van der Waals surface area (Å²) in [6.07, 6.45) is 3.58. The van der Waals surface area contributed by atoms with Gasteiger partial charge in [0.2, 0.25) is 0 Å². The standard InChI is InChI=1S/C15H26O3/c1-9-5-6-10-11(12-15(9,4)18-12)14(3,17)8-7-13(10,2)16/h9-12,16-17H,5-8H2,1-4H3. The minimum Gasteiger partial charge on any atom is -0.390 e. The van der Waals surface area contributed by atoms with Gasteiger partial charge in [0.1, 0.15) is 0 Å². The zero-order valence-electron chi connectivity index (χ0n) is 11.9. The lowest BCUT2D eigenvalue weighted by Crippen LogP contribution is -2.56. The highest BCUT2D eigenvalue weighted by Gasteiger charge is 2.68. The van der Waals surface area contributed by atoms with Gasteiger partial charge in [-0.3, -0.25) is 0 Å². The lowest BCUT2D eigenvalue weighted by molar-refractivity contribution is -0.156. The summed E-state index contributed by atoms with van der Waals surface area (Å²) in [6.45, 7) is 8.28. The molecule has 2 N–H and O–H groups in total. The highest BCUT2D eigenvalue weighted by atomic mass is 16.6. The van der Waals surface area contributed by atoms with Crippen molar-refractivity contribution in [2.45, 2.75) is 76.3 Å². The van der Waals surface area contributed by atoms with E-state index in [4.69, 9.17) is 4.74 Å². The van der Waals surface area contributed by atoms with Crippen LogP contribution in [0, 0.1) is 17.8 Å². The summed E-state index contributed by atoms with van der Waals surface area (Å²) in [6, 6.07) is 0. The third-order valence-corrected chi connectivity index (χ3v) is 6.19. The molecule has 1 saturated heterocycles. The first-order chi connectivity index (χ1) is 8.18. The molecule has 18 heavy (non-hydrogen) atoms. The average Bonchev–Trinajstić information content (AvgIpc) is 2.93. The maximum Gasteiger partial charge on any atom is 0.0949 e. The fourth-order valence-electron chi connectivity index (χ4n) is 4.49. The summed E-state index contributed by atoms with van der Waals surface area (Å²) >= 11 is 0. The molecule has 2 saturated carbocycles. The number of epoxide rings is 1. The Morgan fingerprint density at radius 1 is 1.00 bits per heavy atom. The van der Waals surface area contributed by atoms with E-state index < -0.39 is 11.2 Å². The third-order valence-electron chi connectivity index (χ3n) is 6.19. The molecule has 3 rings (SSSR count). The smallest absolute Gasteiger partial charge is 0.0949 e. The van der Waals surface area contributed by atoms with E-state index in [1.807, 2.05) is 13.8 Å². The fourth-order valence-corrected chi connectivity index (χ4v) is 4.49. The minimum absolute atomic E-state index is 0.0726. The van der Waals surface area contributed by atoms with E-state index in [9.17, 15) is 10.2 Å². The summed E-state index contributed by atoms with van der Waals surface area (Å²) in [5, 5.41) is 21.4. The molecule has 1 heterocycles. The van der Waals surface area contributed by atoms with Crippen LogP contribution < -0.4 is 0 Å². The largest absolute Gasteiger partial charge is 0.390 e. The van der Waals surface area contributed by atoms with Crippen molar-refractivity contribution in [1.82, 2.24) is 0 Å². The predicted octanol–water partition coefficient (Wildman–Crippen LogP) is 2.10. The van der Waals surface area contributed by atoms with Gasteiger partial charge in [-0.15, -0.1) is 0 Å². The second-order valence-corrected chi connectivity index (χ2v) is 7.55. The van der Waals surface area contributed by atoms with Gasteiger partial charge in [-0.1, -0.05) is 6.92 Å². The van der Waals surface area contributed by atoms with E-state index in [0.29, 0.717) is 18.8 Å². The van der Waals surface area contributed by atoms with E-state index in [2.05, 4.69) is 13.8 Å². The molecular weight excluding hydrogens is 228 g/mol. The van der Waals surface area contributed by atoms with Crippen LogP contribution in [0.2, 0.25) is 0 Å². The molecular formula is C15H26O3. The van der Waals surface area contributed by atoms with Gasteiger partial charge in [0.05, 0.1) is 22.9 Å². The monoisotopic (exact) mass is 254 g/mol. The third kappa shape index (κ3) is 1.60. The zero-order chi connectivity index (χ0) is 13.3. The summed E-state index contributed by atoms with van der Waals surface area (Å²) in [4.78, 5) is 0. The van der Waals surface area contributed by atoms with E-state index in [-0.39, 0.29) is 23.5 Å². The fraction of sp³-hybridized carbons (Fsp3) is 1.00. The van der Waals surface area contributed by atoms with Crippen LogP contribution >= 0.6 is 0 Å². The highest BCUT2D eigenvalue weighted by molar-refractivity contribution is 5.16. The van der Waals surface area contributed by atoms with Crippen molar-refractivity contribution < 1.29 is 14.9 Å². The first-order valence-electron chi connectivity index (χ1n) is 7.31. The molecule has 0 radical (unpaired) electrons. The number of hydrogen-bond acceptors (Lipinski definition) is 3. The number of rotatable bonds is 0. The number of aliphatic hydroxyl groups is 2. The number of hydrogen-bond donors (Lipinski definition) is 2. The Bertz CT molecular complexity index is 363. The lowest BCUT2D eigenvalue weighted by atomic mass is 9.60. The Morgan fingerprint density at radius 3 is 2.28 bits per heavy atom. The Hall–Kier alpha value is -0.120. The summed E-state index contributed by atoms with van der Waals surface area (Å²) in [5.74, 6) is 0.758. The Morgan fingerprint density at radius 2 is 1.61 bits per heavy atom. The van der Waals surface area contributed by atoms with Crippen molar-refractivity contribution in [3.05, 3.63) is 0 Å². The van der Waals surface area contributed by atoms with Crippen LogP contribution in [0.25, 0.3) is 0 Å². The van der Waals surface area contributed by atoms with Crippen LogP contribution in [0.3, 0.4) is 0 Å². The van der Waals surface area contributed by atoms with Crippen LogP contribution in [-0.2, 0) is 4.74 Å². The van der Waals surface area contributed by atoms with Gasteiger partial charge in [0.25, 0.3) is 0 Å². The Kier molecular flexibility index (Phi) is 2.51. The van der Waals surface area contributed by atoms with Crippen molar-refractivity contribution in [1.29, 1.82) is 0 Å². The molecule has 1 aliphatic heterocycles. The zero-order valence-corrected chi connectivity index (χ0v) is 11.9. The maximum absolute atomic E-state index is 10.7. The van der Waals surface area contributed by atoms with Crippen LogP contribution in [0.4, 0.5) is 0 Å². The average molecular weight is 254 g/mol. The molecule has 0 aromatic carbocycles. The SMILES string of the molecule is CC1CCC2C(C3OC13C)C(C)(O)CCC2(C)O. The lowest BCUT2D eigenvalue weighted by Gasteiger charge is -2.49. The summed E-state index contributed by atoms with van der Waals surface area (Å²) in [7, 11) is 0. The van der Waals surface area contributed by atoms with Crippen LogP contribution in [-0.4, -0.2) is 33.1 Å². The molecule has 2 aliphatic carbocycles. The molecule has 0 aromatic rings. The molecule has 0 aromatic heterocycles. The molecule has 7 unspecified atom stereocenters. The van der Waals surface area contributed by atoms with Gasteiger partial charge in [0.15, 0.2) is 0 Å². The second kappa shape index (κ2) is 3.50. The van der Waals surface area contributed by atoms with Crippen LogP contribution in [0.5, 0.6) is 0 Å². The van der Waals surface area contributed by atoms with Crippen molar-refractivity contribution >= 4 is 0 Å². The summed E-state index contributed by atoms with van der Waals surface area (Å²) < 4.78 is 5.98. The topological polar surface area (TPSA) is 53.0 Å². The van der Waals surface area contributed by atoms with Crippen molar-refractivity contribution in [2.24, 2.45) is 17.8 Å². The van der Waals surface area contributed by atoms with E-state index in [1.54, 1.807) is 0 Å². The molecule has 0 spiro atoms. The van der Waals surface area contributed by atoms with E-state index >= 15 is 0 Å². The van der Waals surface area contributed by atoms with Crippen molar-refractivity contribution in [3.63, 3.8) is 0 Å². The first kappa shape index (κ1) is 12.9. The van der Waals surface area contributed by atoms with Gasteiger partial charge < -0.3 is 14.9 Å². The molecule has 3 fully saturated rings. The second-order valence-electron chi connectivity index (χ2n) is 7.55. The molecule has 0 amide bonds. The predicted molar refractivity (Wildman–Crippen MR) is 69.1 cm³/mol. The molecule has 7 atom stereocenters. The van der Waals surface area contributed by atoms with Crippen LogP contribution in [0.1, 0.15) is 53.4 Å². The Labute approximate surface area is 110 Å². The minimum atomic E-state index is -0.695. The van der Waals surface area contributed by atoms with Gasteiger partial charge in [-0.05, 0) is 58.3 Å². The van der Waals surface area contributed by atoms with Crippen molar-refractivity contribution in [3.8, 4) is 0 Å². The Balaban J connectivity index is 1.98. The van der Waals surface area contributed by atoms with Crippen molar-refractivity contribution in [2.75, 3.05) is 0 Å².